The number of rotatable bonds is 27. The number of hydrogen-bond donors (Lipinski definition) is 24. The Morgan fingerprint density at radius 1 is 0.514 bits per heavy atom. The van der Waals surface area contributed by atoms with E-state index in [9.17, 15) is 97.5 Å². The monoisotopic (exact) mass is 1950 g/mol. The average molecular weight is 1950 g/mol. The van der Waals surface area contributed by atoms with E-state index in [1.54, 1.807) is 69.3 Å². The summed E-state index contributed by atoms with van der Waals surface area (Å²) in [7, 11) is 1.21. The Balaban J connectivity index is 1.51. The molecule has 756 valence electrons. The molecule has 4 aromatic carbocycles. The highest BCUT2D eigenvalue weighted by atomic mass is 32.2. The summed E-state index contributed by atoms with van der Waals surface area (Å²) in [6.45, 7) is 12.7. The minimum atomic E-state index is -2.32. The molecule has 16 atom stereocenters. The van der Waals surface area contributed by atoms with Crippen molar-refractivity contribution in [2.75, 3.05) is 31.6 Å². The molecule has 4 aromatic rings. The molecule has 1 aliphatic carbocycles. The number of aliphatic carboxylic acids is 1. The number of carboxylic acid groups (broad SMARTS) is 1. The molecule has 0 spiro atoms. The molecule has 2 fully saturated rings. The van der Waals surface area contributed by atoms with E-state index in [1.165, 1.54) is 45.2 Å². The van der Waals surface area contributed by atoms with Crippen molar-refractivity contribution in [2.45, 2.75) is 273 Å². The van der Waals surface area contributed by atoms with Crippen molar-refractivity contribution >= 4 is 124 Å². The Morgan fingerprint density at radius 3 is 1.51 bits per heavy atom. The van der Waals surface area contributed by atoms with Crippen molar-refractivity contribution < 1.29 is 117 Å². The van der Waals surface area contributed by atoms with Gasteiger partial charge in [-0.15, -0.1) is 11.8 Å². The normalized spacial score (nSPS) is 24.2. The van der Waals surface area contributed by atoms with Crippen molar-refractivity contribution in [3.05, 3.63) is 125 Å². The van der Waals surface area contributed by atoms with Crippen LogP contribution in [0.1, 0.15) is 162 Å². The molecule has 138 heavy (non-hydrogen) atoms. The molecular formula is C93H134N20O24S. The van der Waals surface area contributed by atoms with Crippen LogP contribution in [0.25, 0.3) is 11.1 Å². The number of hydrogen-bond acceptors (Lipinski definition) is 25. The Hall–Kier alpha value is -13.4. The number of nitrogens with two attached hydrogens (primary N) is 4. The number of amides is 19. The molecule has 0 aromatic heterocycles. The van der Waals surface area contributed by atoms with Gasteiger partial charge < -0.3 is 133 Å². The zero-order chi connectivity index (χ0) is 103. The summed E-state index contributed by atoms with van der Waals surface area (Å²) in [6.07, 6.45) is -2.88. The third-order valence-corrected chi connectivity index (χ3v) is 24.2. The fourth-order valence-electron chi connectivity index (χ4n) is 15.3. The van der Waals surface area contributed by atoms with Crippen LogP contribution in [-0.4, -0.2) is 282 Å². The summed E-state index contributed by atoms with van der Waals surface area (Å²) in [6, 6.07) is -0.516. The first-order valence-electron chi connectivity index (χ1n) is 45.5. The zero-order valence-corrected chi connectivity index (χ0v) is 80.1. The van der Waals surface area contributed by atoms with E-state index in [0.29, 0.717) is 41.3 Å². The molecule has 2 aliphatic rings. The van der Waals surface area contributed by atoms with Gasteiger partial charge in [-0.2, -0.15) is 0 Å². The fraction of sp³-hybridized carbons (Fsp3) is 0.538. The molecule has 1 saturated heterocycles. The van der Waals surface area contributed by atoms with Gasteiger partial charge >= 0.3 is 12.0 Å². The number of phenols is 1. The first-order valence-corrected chi connectivity index (χ1v) is 46.7. The van der Waals surface area contributed by atoms with Crippen LogP contribution in [0.3, 0.4) is 0 Å². The lowest BCUT2D eigenvalue weighted by molar-refractivity contribution is -0.143. The van der Waals surface area contributed by atoms with Crippen LogP contribution in [0.4, 0.5) is 4.79 Å². The Morgan fingerprint density at radius 2 is 0.986 bits per heavy atom. The van der Waals surface area contributed by atoms with Crippen molar-refractivity contribution in [1.29, 1.82) is 0 Å². The van der Waals surface area contributed by atoms with Crippen molar-refractivity contribution in [3.8, 4) is 16.9 Å². The molecule has 45 heteroatoms. The molecule has 6 rings (SSSR count). The molecule has 19 amide bonds. The fourth-order valence-corrected chi connectivity index (χ4v) is 16.2. The van der Waals surface area contributed by atoms with Gasteiger partial charge in [-0.25, -0.2) is 4.79 Å². The summed E-state index contributed by atoms with van der Waals surface area (Å²) >= 11 is 0.573. The van der Waals surface area contributed by atoms with Crippen LogP contribution in [0.15, 0.2) is 103 Å². The first kappa shape index (κ1) is 113. The molecule has 0 radical (unpaired) electrons. The highest BCUT2D eigenvalue weighted by molar-refractivity contribution is 8.00. The highest BCUT2D eigenvalue weighted by Crippen LogP contribution is 2.29. The van der Waals surface area contributed by atoms with E-state index in [4.69, 9.17) is 22.9 Å². The number of aliphatic hydroxyl groups excluding tert-OH is 1. The predicted octanol–water partition coefficient (Wildman–Crippen LogP) is -3.63. The van der Waals surface area contributed by atoms with Crippen molar-refractivity contribution in [3.63, 3.8) is 0 Å². The van der Waals surface area contributed by atoms with Crippen LogP contribution in [0.5, 0.6) is 5.75 Å². The maximum Gasteiger partial charge on any atom is 0.312 e. The molecule has 28 N–H and O–H groups in total. The summed E-state index contributed by atoms with van der Waals surface area (Å²) in [5, 5.41) is 92.7. The number of aromatic hydroxyl groups is 1. The van der Waals surface area contributed by atoms with Crippen LogP contribution in [0.2, 0.25) is 0 Å². The third-order valence-electron chi connectivity index (χ3n) is 23.1. The Bertz CT molecular complexity index is 4940. The van der Waals surface area contributed by atoms with Crippen LogP contribution < -0.4 is 103 Å². The quantitative estimate of drug-likeness (QED) is 0.0256. The SMILES string of the molecule is Cc1cccc(C[C@@H]2NC(=O)[C@H](CC(=O)O)NC(=O)[C@H](Cc3ccc(O)cc3)NC(=O)[C@H](CC(N)=O)NC(=O)CSC[C@@H](C(=O)N[C@H](C)C(N)=O)NC(=O)[C@H]([C@@H](C)O)NC(=O)[C@H](C(C)(C)O)NC(=O)[C@H](CC3CCCCC3)NC(=O)[C@H](CCN)NC(=O)[C@@H](CC(C)C)NC(=O)[C@H](C)N(C)C(=O)[C@H](CCCNC(N)=O)NC(=O)[C@H](Cc3ccc(-c4ccccc4)cc3)NC(=O)[C@H](C(C)(C)O)NC2=O)c1. The number of carboxylic acids is 1. The number of thioether (sulfide) groups is 1. The number of nitrogens with zero attached hydrogens (tertiary/aromatic N) is 1. The highest BCUT2D eigenvalue weighted by Gasteiger charge is 2.45. The van der Waals surface area contributed by atoms with E-state index in [-0.39, 0.29) is 74.8 Å². The molecule has 0 bridgehead atoms. The van der Waals surface area contributed by atoms with Crippen LogP contribution in [-0.2, 0) is 106 Å². The van der Waals surface area contributed by atoms with Gasteiger partial charge in [0.15, 0.2) is 0 Å². The maximum absolute atomic E-state index is 15.4. The Kier molecular flexibility index (Phi) is 44.3. The summed E-state index contributed by atoms with van der Waals surface area (Å²) in [4.78, 5) is 273. The lowest BCUT2D eigenvalue weighted by Crippen LogP contribution is -2.65. The first-order chi connectivity index (χ1) is 64.8. The second kappa shape index (κ2) is 53.9. The number of carbonyl (C=O) groups is 19. The molecule has 0 unspecified atom stereocenters. The van der Waals surface area contributed by atoms with E-state index in [0.717, 1.165) is 69.9 Å². The van der Waals surface area contributed by atoms with E-state index in [2.05, 4.69) is 79.8 Å². The van der Waals surface area contributed by atoms with Gasteiger partial charge in [0.05, 0.1) is 35.9 Å². The lowest BCUT2D eigenvalue weighted by atomic mass is 9.84. The van der Waals surface area contributed by atoms with Crippen LogP contribution in [0, 0.1) is 18.8 Å². The van der Waals surface area contributed by atoms with Gasteiger partial charge in [0.1, 0.15) is 96.4 Å². The summed E-state index contributed by atoms with van der Waals surface area (Å²) in [5.74, 6) is -23.6. The molecule has 1 saturated carbocycles. The number of phenolic OH excluding ortho intramolecular Hbond substituents is 1. The summed E-state index contributed by atoms with van der Waals surface area (Å²) in [5.41, 5.74) is 21.1. The average Bonchev–Trinajstić information content (AvgIpc) is 0.830. The summed E-state index contributed by atoms with van der Waals surface area (Å²) < 4.78 is 0. The molecule has 1 aliphatic heterocycles. The smallest absolute Gasteiger partial charge is 0.312 e. The van der Waals surface area contributed by atoms with Gasteiger partial charge in [0.25, 0.3) is 0 Å². The van der Waals surface area contributed by atoms with Crippen molar-refractivity contribution in [2.24, 2.45) is 34.8 Å². The number of urea groups is 1. The minimum absolute atomic E-state index is 0.0703. The minimum Gasteiger partial charge on any atom is -0.508 e. The van der Waals surface area contributed by atoms with Gasteiger partial charge in [0, 0.05) is 38.6 Å². The van der Waals surface area contributed by atoms with E-state index in [1.807, 2.05) is 30.3 Å². The second-order valence-corrected chi connectivity index (χ2v) is 37.4. The maximum atomic E-state index is 15.4. The van der Waals surface area contributed by atoms with Gasteiger partial charge in [0.2, 0.25) is 100 Å². The number of carbonyl (C=O) groups excluding carboxylic acids is 18. The number of likely N-dealkylation sites (N-methyl/N-ethyl adjacent to an activating group) is 1. The number of nitrogens with one attached hydrogen (secondary N) is 15. The molecule has 44 nitrogen and oxygen atoms in total. The second-order valence-electron chi connectivity index (χ2n) is 36.3. The van der Waals surface area contributed by atoms with E-state index >= 15 is 19.2 Å². The number of primary amides is 3. The number of aryl methyl sites for hydroxylation is 1. The van der Waals surface area contributed by atoms with Gasteiger partial charge in [-0.1, -0.05) is 143 Å². The molecular weight excluding hydrogens is 1810 g/mol. The Labute approximate surface area is 803 Å². The predicted molar refractivity (Wildman–Crippen MR) is 505 cm³/mol. The third kappa shape index (κ3) is 37.3. The molecule has 1 heterocycles. The van der Waals surface area contributed by atoms with Gasteiger partial charge in [-0.05, 0) is 146 Å². The zero-order valence-electron chi connectivity index (χ0n) is 79.3. The topological polar surface area (TPSA) is 713 Å². The standard InChI is InChI=1S/C93H134N20O24S/c1-48(2)38-62-79(123)101-60(35-36-94)78(122)104-65(40-53-21-14-12-15-22-53)84(128)112-75(93(9,10)137)89(133)110-73(52(6)114)87(131)109-69(86(130)99-50(4)76(96)120)46-138-47-71(117)100-67(44-70(95)116)82(126)105-63(42-55-29-33-59(115)34-30-55)81(125)107-68(45-72(118)119)83(127)106-66(43-56-23-18-20-49(3)39-56)85(129)111-74(92(7,8)136)88(132)108-64(41-54-27-31-58(32-28-54)57-24-16-13-17-25-57)80(124)102-61(26-19-37-98-91(97)135)90(134)113(11)51(5)77(121)103-62/h13,16-18,20,23-25,27-34,39,48,50-53,60-69,73-75,114-115,136-137H,12,14-15,19,21-22,26,35-38,40-47,94H2,1-11H3,(H2,95,116)(H2,96,120)(H,99,130)(H,100,117)(H,101,123)(H,102,124)(H,103,121)(H,104,122)(H,105,126)(H,106,127)(H,107,125)(H,108,132)(H,109,131)(H,110,133)(H,111,129)(H,112,128)(H,118,119)(H3,97,98,135)/t50-,51+,52-,60+,61+,62-,63+,64+,65+,66+,67+,68+,69+,73+,74-,75-/m1/s1. The van der Waals surface area contributed by atoms with Gasteiger partial charge in [-0.3, -0.25) is 86.3 Å². The number of benzene rings is 4. The van der Waals surface area contributed by atoms with E-state index < -0.39 is 258 Å². The van der Waals surface area contributed by atoms with Crippen LogP contribution >= 0.6 is 11.8 Å². The lowest BCUT2D eigenvalue weighted by Gasteiger charge is -2.34. The largest absolute Gasteiger partial charge is 0.508 e. The number of aliphatic hydroxyl groups is 3. The van der Waals surface area contributed by atoms with Crippen molar-refractivity contribution in [1.82, 2.24) is 84.7 Å².